The monoisotopic (exact) mass is 200 g/mol. The van der Waals surface area contributed by atoms with E-state index in [0.717, 1.165) is 4.90 Å². The summed E-state index contributed by atoms with van der Waals surface area (Å²) in [6, 6.07) is 0. The number of likely N-dealkylation sites (N-methyl/N-ethyl adjacent to an activating group) is 1. The first kappa shape index (κ1) is 10.5. The van der Waals surface area contributed by atoms with Crippen molar-refractivity contribution in [1.82, 2.24) is 10.2 Å². The third-order valence-electron chi connectivity index (χ3n) is 2.34. The fourth-order valence-electron chi connectivity index (χ4n) is 1.48. The largest absolute Gasteiger partial charge is 0.479 e. The van der Waals surface area contributed by atoms with Crippen molar-refractivity contribution in [3.05, 3.63) is 0 Å². The highest BCUT2D eigenvalue weighted by Crippen LogP contribution is 2.17. The molecule has 0 saturated carbocycles. The Balaban J connectivity index is 3.09. The summed E-state index contributed by atoms with van der Waals surface area (Å²) in [5.74, 6) is -2.34. The molecule has 1 aliphatic heterocycles. The van der Waals surface area contributed by atoms with Gasteiger partial charge in [-0.15, -0.1) is 0 Å². The van der Waals surface area contributed by atoms with Crippen molar-refractivity contribution in [3.63, 3.8) is 0 Å². The smallest absolute Gasteiger partial charge is 0.339 e. The Hall–Kier alpha value is -1.59. The summed E-state index contributed by atoms with van der Waals surface area (Å²) in [4.78, 5) is 34.8. The number of carbonyl (C=O) groups excluding carboxylic acids is 2. The number of carboxylic acid groups (broad SMARTS) is 1. The number of piperazine rings is 1. The molecule has 78 valence electrons. The fourth-order valence-corrected chi connectivity index (χ4v) is 1.48. The van der Waals surface area contributed by atoms with Crippen LogP contribution < -0.4 is 5.32 Å². The Bertz CT molecular complexity index is 302. The van der Waals surface area contributed by atoms with E-state index in [9.17, 15) is 14.4 Å². The molecule has 0 aromatic carbocycles. The summed E-state index contributed by atoms with van der Waals surface area (Å²) in [7, 11) is 1.41. The molecule has 0 aromatic rings. The van der Waals surface area contributed by atoms with Gasteiger partial charge in [-0.3, -0.25) is 9.59 Å². The van der Waals surface area contributed by atoms with Gasteiger partial charge in [-0.1, -0.05) is 6.92 Å². The van der Waals surface area contributed by atoms with Gasteiger partial charge < -0.3 is 15.3 Å². The first-order chi connectivity index (χ1) is 6.44. The third kappa shape index (κ3) is 1.32. The molecule has 14 heavy (non-hydrogen) atoms. The predicted molar refractivity (Wildman–Crippen MR) is 46.4 cm³/mol. The fraction of sp³-hybridized carbons (Fsp3) is 0.625. The number of carbonyl (C=O) groups is 3. The number of carboxylic acids is 1. The van der Waals surface area contributed by atoms with Gasteiger partial charge in [0.25, 0.3) is 5.91 Å². The van der Waals surface area contributed by atoms with Gasteiger partial charge in [0.15, 0.2) is 0 Å². The lowest BCUT2D eigenvalue weighted by Crippen LogP contribution is -2.69. The molecular formula is C8H12N2O4. The number of amides is 2. The standard InChI is InChI=1S/C8H12N2O4/c1-3-8(7(13)14)6(12)10(2)4-5(11)9-8/h3-4H2,1-2H3,(H,9,11)(H,13,14). The molecule has 0 spiro atoms. The molecule has 1 aliphatic rings. The number of rotatable bonds is 2. The Morgan fingerprint density at radius 2 is 2.21 bits per heavy atom. The number of hydrogen-bond donors (Lipinski definition) is 2. The zero-order chi connectivity index (χ0) is 10.9. The zero-order valence-corrected chi connectivity index (χ0v) is 8.03. The minimum atomic E-state index is -1.77. The van der Waals surface area contributed by atoms with Crippen LogP contribution in [0.15, 0.2) is 0 Å². The second kappa shape index (κ2) is 3.28. The van der Waals surface area contributed by atoms with E-state index in [2.05, 4.69) is 5.32 Å². The molecule has 1 fully saturated rings. The van der Waals surface area contributed by atoms with Crippen LogP contribution in [-0.4, -0.2) is 46.9 Å². The van der Waals surface area contributed by atoms with Crippen LogP contribution in [0.25, 0.3) is 0 Å². The maximum absolute atomic E-state index is 11.6. The van der Waals surface area contributed by atoms with E-state index in [0.29, 0.717) is 0 Å². The highest BCUT2D eigenvalue weighted by atomic mass is 16.4. The van der Waals surface area contributed by atoms with Crippen molar-refractivity contribution in [1.29, 1.82) is 0 Å². The summed E-state index contributed by atoms with van der Waals surface area (Å²) >= 11 is 0. The SMILES string of the molecule is CCC1(C(=O)O)NC(=O)CN(C)C1=O. The van der Waals surface area contributed by atoms with Gasteiger partial charge in [0.05, 0.1) is 6.54 Å². The molecule has 1 atom stereocenters. The summed E-state index contributed by atoms with van der Waals surface area (Å²) < 4.78 is 0. The molecule has 6 nitrogen and oxygen atoms in total. The van der Waals surface area contributed by atoms with Gasteiger partial charge in [-0.25, -0.2) is 4.79 Å². The Kier molecular flexibility index (Phi) is 2.46. The van der Waals surface area contributed by atoms with Crippen molar-refractivity contribution < 1.29 is 19.5 Å². The third-order valence-corrected chi connectivity index (χ3v) is 2.34. The lowest BCUT2D eigenvalue weighted by atomic mass is 9.92. The molecule has 1 unspecified atom stereocenters. The van der Waals surface area contributed by atoms with Gasteiger partial charge in [-0.2, -0.15) is 0 Å². The summed E-state index contributed by atoms with van der Waals surface area (Å²) in [6.45, 7) is 1.46. The van der Waals surface area contributed by atoms with Gasteiger partial charge in [0.2, 0.25) is 11.4 Å². The van der Waals surface area contributed by atoms with E-state index in [4.69, 9.17) is 5.11 Å². The van der Waals surface area contributed by atoms with Crippen LogP contribution in [0.4, 0.5) is 0 Å². The lowest BCUT2D eigenvalue weighted by molar-refractivity contribution is -0.162. The van der Waals surface area contributed by atoms with Crippen molar-refractivity contribution in [2.45, 2.75) is 18.9 Å². The average molecular weight is 200 g/mol. The number of aliphatic carboxylic acids is 1. The van der Waals surface area contributed by atoms with Gasteiger partial charge in [0, 0.05) is 7.05 Å². The average Bonchev–Trinajstić information content (AvgIpc) is 2.10. The van der Waals surface area contributed by atoms with E-state index in [-0.39, 0.29) is 13.0 Å². The molecule has 0 aromatic heterocycles. The van der Waals surface area contributed by atoms with Crippen LogP contribution in [0.1, 0.15) is 13.3 Å². The molecule has 2 amide bonds. The summed E-state index contributed by atoms with van der Waals surface area (Å²) in [6.07, 6.45) is 0.0389. The molecule has 1 heterocycles. The maximum atomic E-state index is 11.6. The maximum Gasteiger partial charge on any atom is 0.339 e. The first-order valence-corrected chi connectivity index (χ1v) is 4.24. The van der Waals surface area contributed by atoms with E-state index in [1.165, 1.54) is 7.05 Å². The lowest BCUT2D eigenvalue weighted by Gasteiger charge is -2.36. The Morgan fingerprint density at radius 1 is 1.64 bits per heavy atom. The molecule has 0 radical (unpaired) electrons. The highest BCUT2D eigenvalue weighted by molar-refractivity contribution is 6.12. The molecular weight excluding hydrogens is 188 g/mol. The van der Waals surface area contributed by atoms with E-state index < -0.39 is 23.3 Å². The molecule has 0 aliphatic carbocycles. The number of nitrogens with one attached hydrogen (secondary N) is 1. The molecule has 0 bridgehead atoms. The minimum Gasteiger partial charge on any atom is -0.479 e. The zero-order valence-electron chi connectivity index (χ0n) is 8.03. The van der Waals surface area contributed by atoms with Gasteiger partial charge in [0.1, 0.15) is 0 Å². The van der Waals surface area contributed by atoms with Crippen LogP contribution in [0.5, 0.6) is 0 Å². The van der Waals surface area contributed by atoms with Crippen molar-refractivity contribution in [2.75, 3.05) is 13.6 Å². The molecule has 1 rings (SSSR count). The summed E-state index contributed by atoms with van der Waals surface area (Å²) in [5, 5.41) is 11.2. The molecule has 2 N–H and O–H groups in total. The normalized spacial score (nSPS) is 27.4. The second-order valence-corrected chi connectivity index (χ2v) is 3.27. The number of hydrogen-bond acceptors (Lipinski definition) is 3. The first-order valence-electron chi connectivity index (χ1n) is 4.24. The highest BCUT2D eigenvalue weighted by Gasteiger charge is 2.50. The summed E-state index contributed by atoms with van der Waals surface area (Å²) in [5.41, 5.74) is -1.77. The van der Waals surface area contributed by atoms with E-state index in [1.807, 2.05) is 0 Å². The van der Waals surface area contributed by atoms with Crippen LogP contribution in [0, 0.1) is 0 Å². The van der Waals surface area contributed by atoms with Crippen LogP contribution in [0.2, 0.25) is 0 Å². The predicted octanol–water partition coefficient (Wildman–Crippen LogP) is -1.19. The van der Waals surface area contributed by atoms with Crippen LogP contribution in [0.3, 0.4) is 0 Å². The van der Waals surface area contributed by atoms with Gasteiger partial charge >= 0.3 is 5.97 Å². The Morgan fingerprint density at radius 3 is 2.64 bits per heavy atom. The quantitative estimate of drug-likeness (QED) is 0.548. The van der Waals surface area contributed by atoms with Crippen molar-refractivity contribution >= 4 is 17.8 Å². The topological polar surface area (TPSA) is 86.7 Å². The Labute approximate surface area is 80.9 Å². The molecule has 1 saturated heterocycles. The van der Waals surface area contributed by atoms with Crippen LogP contribution >= 0.6 is 0 Å². The minimum absolute atomic E-state index is 0.0389. The number of nitrogens with zero attached hydrogens (tertiary/aromatic N) is 1. The van der Waals surface area contributed by atoms with E-state index in [1.54, 1.807) is 6.92 Å². The van der Waals surface area contributed by atoms with Crippen molar-refractivity contribution in [3.8, 4) is 0 Å². The molecule has 6 heteroatoms. The van der Waals surface area contributed by atoms with E-state index >= 15 is 0 Å². The van der Waals surface area contributed by atoms with Gasteiger partial charge in [-0.05, 0) is 6.42 Å². The van der Waals surface area contributed by atoms with Crippen LogP contribution in [-0.2, 0) is 14.4 Å². The second-order valence-electron chi connectivity index (χ2n) is 3.27. The van der Waals surface area contributed by atoms with Crippen molar-refractivity contribution in [2.24, 2.45) is 0 Å².